The quantitative estimate of drug-likeness (QED) is 0.832. The second-order valence-electron chi connectivity index (χ2n) is 6.65. The first kappa shape index (κ1) is 17.6. The van der Waals surface area contributed by atoms with Crippen LogP contribution in [0.2, 0.25) is 0 Å². The fourth-order valence-electron chi connectivity index (χ4n) is 3.84. The van der Waals surface area contributed by atoms with Gasteiger partial charge in [-0.3, -0.25) is 4.79 Å². The van der Waals surface area contributed by atoms with Crippen molar-refractivity contribution in [3.8, 4) is 5.88 Å². The van der Waals surface area contributed by atoms with Gasteiger partial charge in [0, 0.05) is 34.7 Å². The molecule has 0 radical (unpaired) electrons. The van der Waals surface area contributed by atoms with Gasteiger partial charge in [0.15, 0.2) is 11.6 Å². The lowest BCUT2D eigenvalue weighted by atomic mass is 9.89. The Morgan fingerprint density at radius 2 is 2.08 bits per heavy atom. The minimum Gasteiger partial charge on any atom is -0.493 e. The van der Waals surface area contributed by atoms with Crippen LogP contribution in [0.15, 0.2) is 17.2 Å². The molecule has 2 aliphatic rings. The number of ketones is 1. The number of benzene rings is 1. The lowest BCUT2D eigenvalue weighted by Gasteiger charge is -2.36. The highest BCUT2D eigenvalue weighted by atomic mass is 32.2. The van der Waals surface area contributed by atoms with E-state index < -0.39 is 5.79 Å². The highest BCUT2D eigenvalue weighted by molar-refractivity contribution is 7.99. The van der Waals surface area contributed by atoms with Crippen LogP contribution in [0.5, 0.6) is 5.88 Å². The number of aromatic nitrogens is 2. The van der Waals surface area contributed by atoms with E-state index in [0.717, 1.165) is 33.8 Å². The van der Waals surface area contributed by atoms with Crippen LogP contribution >= 0.6 is 11.8 Å². The summed E-state index contributed by atoms with van der Waals surface area (Å²) in [7, 11) is 0. The van der Waals surface area contributed by atoms with Crippen molar-refractivity contribution in [1.82, 2.24) is 9.78 Å². The number of fused-ring (bicyclic) bond motifs is 2. The van der Waals surface area contributed by atoms with Gasteiger partial charge < -0.3 is 14.6 Å². The van der Waals surface area contributed by atoms with Crippen molar-refractivity contribution >= 4 is 17.5 Å². The third kappa shape index (κ3) is 2.49. The summed E-state index contributed by atoms with van der Waals surface area (Å²) in [4.78, 5) is 14.3. The minimum atomic E-state index is -0.749. The number of rotatable bonds is 3. The normalized spacial score (nSPS) is 18.3. The van der Waals surface area contributed by atoms with Crippen LogP contribution in [-0.4, -0.2) is 39.6 Å². The van der Waals surface area contributed by atoms with E-state index in [0.29, 0.717) is 25.3 Å². The van der Waals surface area contributed by atoms with E-state index in [2.05, 4.69) is 5.10 Å². The molecule has 7 heteroatoms. The first-order chi connectivity index (χ1) is 12.5. The van der Waals surface area contributed by atoms with E-state index >= 15 is 0 Å². The molecule has 0 saturated carbocycles. The molecule has 0 aliphatic carbocycles. The molecule has 3 heterocycles. The van der Waals surface area contributed by atoms with Crippen LogP contribution < -0.4 is 0 Å². The first-order valence-electron chi connectivity index (χ1n) is 8.83. The van der Waals surface area contributed by atoms with Crippen molar-refractivity contribution in [2.75, 3.05) is 19.0 Å². The summed E-state index contributed by atoms with van der Waals surface area (Å²) in [5, 5.41) is 14.4. The molecular formula is C19H22N2O4S. The zero-order valence-corrected chi connectivity index (χ0v) is 16.0. The number of thioether (sulfide) groups is 1. The molecule has 0 bridgehead atoms. The van der Waals surface area contributed by atoms with Crippen LogP contribution in [0, 0.1) is 13.8 Å². The summed E-state index contributed by atoms with van der Waals surface area (Å²) in [6, 6.07) is 1.90. The summed E-state index contributed by atoms with van der Waals surface area (Å²) in [5.41, 5.74) is 3.64. The average Bonchev–Trinajstić information content (AvgIpc) is 3.24. The molecular weight excluding hydrogens is 352 g/mol. The van der Waals surface area contributed by atoms with Crippen LogP contribution in [0.1, 0.15) is 46.0 Å². The topological polar surface area (TPSA) is 73.6 Å². The largest absolute Gasteiger partial charge is 0.493 e. The Hall–Kier alpha value is -1.83. The van der Waals surface area contributed by atoms with Crippen molar-refractivity contribution in [3.05, 3.63) is 40.1 Å². The molecule has 1 N–H and O–H groups in total. The van der Waals surface area contributed by atoms with Gasteiger partial charge in [-0.15, -0.1) is 11.8 Å². The first-order valence-corrected chi connectivity index (χ1v) is 9.82. The van der Waals surface area contributed by atoms with Gasteiger partial charge in [0.25, 0.3) is 0 Å². The van der Waals surface area contributed by atoms with Crippen molar-refractivity contribution < 1.29 is 19.4 Å². The van der Waals surface area contributed by atoms with Crippen LogP contribution in [0.3, 0.4) is 0 Å². The molecule has 4 rings (SSSR count). The molecule has 1 saturated heterocycles. The molecule has 1 aromatic heterocycles. The summed E-state index contributed by atoms with van der Waals surface area (Å²) < 4.78 is 13.4. The molecule has 2 aromatic rings. The third-order valence-corrected chi connectivity index (χ3v) is 6.36. The molecule has 0 unspecified atom stereocenters. The predicted octanol–water partition coefficient (Wildman–Crippen LogP) is 3.15. The van der Waals surface area contributed by atoms with Crippen molar-refractivity contribution in [2.24, 2.45) is 0 Å². The molecule has 6 nitrogen and oxygen atoms in total. The van der Waals surface area contributed by atoms with Gasteiger partial charge in [0.1, 0.15) is 5.56 Å². The van der Waals surface area contributed by atoms with Crippen molar-refractivity contribution in [1.29, 1.82) is 0 Å². The maximum atomic E-state index is 13.2. The van der Waals surface area contributed by atoms with Gasteiger partial charge in [0.05, 0.1) is 19.4 Å². The smallest absolute Gasteiger partial charge is 0.220 e. The highest BCUT2D eigenvalue weighted by Crippen LogP contribution is 2.49. The Bertz CT molecular complexity index is 884. The van der Waals surface area contributed by atoms with Gasteiger partial charge in [-0.05, 0) is 38.0 Å². The number of hydrogen-bond acceptors (Lipinski definition) is 6. The molecule has 0 amide bonds. The van der Waals surface area contributed by atoms with Crippen LogP contribution in [-0.2, 0) is 21.8 Å². The van der Waals surface area contributed by atoms with E-state index in [-0.39, 0.29) is 17.2 Å². The molecule has 1 fully saturated rings. The van der Waals surface area contributed by atoms with Crippen molar-refractivity contribution in [3.63, 3.8) is 0 Å². The standard InChI is InChI=1S/C19H22N2O4S/c1-4-21-18(23)14(10-20-21)16(22)13-9-11(2)17-15(12(13)3)19(5-8-26-17)24-6-7-25-19/h9-10,23H,4-8H2,1-3H3. The number of carbonyl (C=O) groups excluding carboxylic acids is 1. The van der Waals surface area contributed by atoms with E-state index in [1.165, 1.54) is 10.9 Å². The fourth-order valence-corrected chi connectivity index (χ4v) is 5.16. The third-order valence-electron chi connectivity index (χ3n) is 5.14. The number of carbonyl (C=O) groups is 1. The Morgan fingerprint density at radius 1 is 1.35 bits per heavy atom. The maximum Gasteiger partial charge on any atom is 0.220 e. The zero-order chi connectivity index (χ0) is 18.5. The molecule has 2 aliphatic heterocycles. The minimum absolute atomic E-state index is 0.0928. The second kappa shape index (κ2) is 6.40. The average molecular weight is 374 g/mol. The van der Waals surface area contributed by atoms with E-state index in [1.807, 2.05) is 26.8 Å². The predicted molar refractivity (Wildman–Crippen MR) is 97.8 cm³/mol. The van der Waals surface area contributed by atoms with E-state index in [1.54, 1.807) is 11.8 Å². The fraction of sp³-hybridized carbons (Fsp3) is 0.474. The Kier molecular flexibility index (Phi) is 4.33. The summed E-state index contributed by atoms with van der Waals surface area (Å²) in [6.07, 6.45) is 2.20. The van der Waals surface area contributed by atoms with E-state index in [9.17, 15) is 9.90 Å². The number of ether oxygens (including phenoxy) is 2. The van der Waals surface area contributed by atoms with E-state index in [4.69, 9.17) is 9.47 Å². The summed E-state index contributed by atoms with van der Waals surface area (Å²) >= 11 is 1.78. The lowest BCUT2D eigenvalue weighted by molar-refractivity contribution is -0.170. The van der Waals surface area contributed by atoms with Crippen molar-refractivity contribution in [2.45, 2.75) is 44.4 Å². The number of nitrogens with zero attached hydrogens (tertiary/aromatic N) is 2. The molecule has 1 spiro atoms. The van der Waals surface area contributed by atoms with Crippen LogP contribution in [0.25, 0.3) is 0 Å². The van der Waals surface area contributed by atoms with Gasteiger partial charge in [-0.25, -0.2) is 4.68 Å². The second-order valence-corrected chi connectivity index (χ2v) is 7.75. The number of aryl methyl sites for hydroxylation is 2. The Morgan fingerprint density at radius 3 is 2.73 bits per heavy atom. The van der Waals surface area contributed by atoms with Crippen LogP contribution in [0.4, 0.5) is 0 Å². The molecule has 1 aromatic carbocycles. The van der Waals surface area contributed by atoms with Gasteiger partial charge in [-0.1, -0.05) is 0 Å². The monoisotopic (exact) mass is 374 g/mol. The lowest BCUT2D eigenvalue weighted by Crippen LogP contribution is -2.33. The number of aromatic hydroxyl groups is 1. The van der Waals surface area contributed by atoms with Gasteiger partial charge in [-0.2, -0.15) is 5.10 Å². The summed E-state index contributed by atoms with van der Waals surface area (Å²) in [6.45, 7) is 7.43. The van der Waals surface area contributed by atoms with Gasteiger partial charge in [0.2, 0.25) is 5.88 Å². The number of hydrogen-bond donors (Lipinski definition) is 1. The molecule has 26 heavy (non-hydrogen) atoms. The van der Waals surface area contributed by atoms with Gasteiger partial charge >= 0.3 is 0 Å². The Labute approximate surface area is 156 Å². The SMILES string of the molecule is CCn1ncc(C(=O)c2cc(C)c3c(c2C)C2(CCS3)OCCO2)c1O. The summed E-state index contributed by atoms with van der Waals surface area (Å²) in [5.74, 6) is -0.148. The molecule has 0 atom stereocenters. The zero-order valence-electron chi connectivity index (χ0n) is 15.2. The molecule has 138 valence electrons. The highest BCUT2D eigenvalue weighted by Gasteiger charge is 2.45. The maximum absolute atomic E-state index is 13.2. The Balaban J connectivity index is 1.87.